The average molecular weight is 394 g/mol. The third kappa shape index (κ3) is 3.24. The van der Waals surface area contributed by atoms with Crippen LogP contribution in [0.5, 0.6) is 0 Å². The van der Waals surface area contributed by atoms with Crippen LogP contribution in [-0.4, -0.2) is 9.97 Å². The van der Waals surface area contributed by atoms with E-state index in [0.717, 1.165) is 33.2 Å². The average Bonchev–Trinajstić information content (AvgIpc) is 2.58. The molecule has 29 heavy (non-hydrogen) atoms. The molecule has 4 rings (SSSR count). The van der Waals surface area contributed by atoms with Gasteiger partial charge in [-0.15, -0.1) is 0 Å². The normalized spacial score (nSPS) is 12.1. The van der Waals surface area contributed by atoms with Gasteiger partial charge in [-0.3, -0.25) is 0 Å². The molecule has 0 N–H and O–H groups in total. The highest BCUT2D eigenvalue weighted by Crippen LogP contribution is 2.40. The molecule has 3 aromatic carbocycles. The minimum absolute atomic E-state index is 0.211. The molecular weight excluding hydrogens is 373 g/mol. The molecule has 5 heteroatoms. The third-order valence-electron chi connectivity index (χ3n) is 5.31. The van der Waals surface area contributed by atoms with Crippen molar-refractivity contribution < 1.29 is 13.2 Å². The van der Waals surface area contributed by atoms with Gasteiger partial charge in [0.15, 0.2) is 0 Å². The summed E-state index contributed by atoms with van der Waals surface area (Å²) in [5, 5.41) is 2.05. The number of aromatic nitrogens is 2. The van der Waals surface area contributed by atoms with E-state index >= 15 is 0 Å². The molecule has 0 saturated carbocycles. The van der Waals surface area contributed by atoms with Crippen molar-refractivity contribution in [1.82, 2.24) is 9.97 Å². The van der Waals surface area contributed by atoms with E-state index in [1.807, 2.05) is 38.1 Å². The van der Waals surface area contributed by atoms with Crippen LogP contribution in [0, 0.1) is 34.6 Å². The maximum atomic E-state index is 13.7. The van der Waals surface area contributed by atoms with Gasteiger partial charge in [0.25, 0.3) is 0 Å². The van der Waals surface area contributed by atoms with Crippen molar-refractivity contribution in [2.45, 2.75) is 40.8 Å². The Morgan fingerprint density at radius 2 is 1.45 bits per heavy atom. The Kier molecular flexibility index (Phi) is 4.37. The highest BCUT2D eigenvalue weighted by atomic mass is 19.4. The standard InChI is InChI=1S/C24H21F3N2/c1-12-8-13(2)10-18(9-12)22-19-7-6-17-11-14(3)21(24(25,26)27)15(4)20(17)23(19)29-16(5)28-22/h6-11H,1-5H3. The number of alkyl halides is 3. The number of hydrogen-bond donors (Lipinski definition) is 0. The Bertz CT molecular complexity index is 1270. The molecule has 1 aromatic heterocycles. The molecular formula is C24H21F3N2. The Morgan fingerprint density at radius 3 is 2.07 bits per heavy atom. The van der Waals surface area contributed by atoms with Crippen LogP contribution in [0.3, 0.4) is 0 Å². The summed E-state index contributed by atoms with van der Waals surface area (Å²) in [4.78, 5) is 9.22. The minimum Gasteiger partial charge on any atom is -0.233 e. The van der Waals surface area contributed by atoms with Gasteiger partial charge in [0.05, 0.1) is 16.8 Å². The van der Waals surface area contributed by atoms with E-state index in [1.165, 1.54) is 13.8 Å². The molecule has 0 radical (unpaired) electrons. The van der Waals surface area contributed by atoms with Crippen LogP contribution in [0.15, 0.2) is 36.4 Å². The van der Waals surface area contributed by atoms with Crippen molar-refractivity contribution in [2.24, 2.45) is 0 Å². The lowest BCUT2D eigenvalue weighted by molar-refractivity contribution is -0.138. The van der Waals surface area contributed by atoms with E-state index in [4.69, 9.17) is 0 Å². The van der Waals surface area contributed by atoms with E-state index in [-0.39, 0.29) is 11.1 Å². The van der Waals surface area contributed by atoms with Crippen LogP contribution < -0.4 is 0 Å². The molecule has 2 nitrogen and oxygen atoms in total. The van der Waals surface area contributed by atoms with Gasteiger partial charge >= 0.3 is 6.18 Å². The van der Waals surface area contributed by atoms with E-state index < -0.39 is 11.7 Å². The van der Waals surface area contributed by atoms with Crippen LogP contribution in [0.25, 0.3) is 32.9 Å². The second-order valence-electron chi connectivity index (χ2n) is 7.75. The van der Waals surface area contributed by atoms with E-state index in [9.17, 15) is 13.2 Å². The van der Waals surface area contributed by atoms with Crippen LogP contribution in [-0.2, 0) is 6.18 Å². The molecule has 4 aromatic rings. The van der Waals surface area contributed by atoms with Gasteiger partial charge in [-0.05, 0) is 69.3 Å². The summed E-state index contributed by atoms with van der Waals surface area (Å²) in [7, 11) is 0. The Labute approximate surface area is 167 Å². The van der Waals surface area contributed by atoms with Crippen molar-refractivity contribution in [3.05, 3.63) is 70.0 Å². The lowest BCUT2D eigenvalue weighted by atomic mass is 9.92. The lowest BCUT2D eigenvalue weighted by Crippen LogP contribution is -2.10. The molecule has 0 fully saturated rings. The maximum absolute atomic E-state index is 13.7. The van der Waals surface area contributed by atoms with Gasteiger partial charge in [0.2, 0.25) is 0 Å². The Morgan fingerprint density at radius 1 is 0.793 bits per heavy atom. The molecule has 0 aliphatic rings. The van der Waals surface area contributed by atoms with E-state index in [0.29, 0.717) is 16.7 Å². The summed E-state index contributed by atoms with van der Waals surface area (Å²) in [6, 6.07) is 11.5. The molecule has 0 aliphatic carbocycles. The minimum atomic E-state index is -4.41. The van der Waals surface area contributed by atoms with E-state index in [2.05, 4.69) is 16.0 Å². The fourth-order valence-electron chi connectivity index (χ4n) is 4.33. The van der Waals surface area contributed by atoms with Crippen LogP contribution in [0.4, 0.5) is 13.2 Å². The Balaban J connectivity index is 2.16. The number of rotatable bonds is 1. The van der Waals surface area contributed by atoms with Crippen LogP contribution in [0.1, 0.15) is 33.6 Å². The fourth-order valence-corrected chi connectivity index (χ4v) is 4.33. The maximum Gasteiger partial charge on any atom is 0.416 e. The van der Waals surface area contributed by atoms with Crippen molar-refractivity contribution in [1.29, 1.82) is 0 Å². The van der Waals surface area contributed by atoms with Crippen molar-refractivity contribution in [2.75, 3.05) is 0 Å². The number of hydrogen-bond acceptors (Lipinski definition) is 2. The lowest BCUT2D eigenvalue weighted by Gasteiger charge is -2.18. The van der Waals surface area contributed by atoms with Gasteiger partial charge in [-0.2, -0.15) is 13.2 Å². The van der Waals surface area contributed by atoms with Gasteiger partial charge in [-0.25, -0.2) is 9.97 Å². The van der Waals surface area contributed by atoms with Gasteiger partial charge < -0.3 is 0 Å². The highest BCUT2D eigenvalue weighted by Gasteiger charge is 2.35. The van der Waals surface area contributed by atoms with E-state index in [1.54, 1.807) is 13.0 Å². The molecule has 1 heterocycles. The molecule has 0 amide bonds. The quantitative estimate of drug-likeness (QED) is 0.325. The molecule has 0 bridgehead atoms. The first-order valence-electron chi connectivity index (χ1n) is 9.43. The highest BCUT2D eigenvalue weighted by molar-refractivity contribution is 6.11. The van der Waals surface area contributed by atoms with Gasteiger partial charge in [0.1, 0.15) is 5.82 Å². The molecule has 0 unspecified atom stereocenters. The Hall–Kier alpha value is -2.95. The summed E-state index contributed by atoms with van der Waals surface area (Å²) < 4.78 is 41.2. The monoisotopic (exact) mass is 394 g/mol. The van der Waals surface area contributed by atoms with Crippen molar-refractivity contribution >= 4 is 21.7 Å². The third-order valence-corrected chi connectivity index (χ3v) is 5.31. The number of fused-ring (bicyclic) bond motifs is 3. The summed E-state index contributed by atoms with van der Waals surface area (Å²) in [6.45, 7) is 8.85. The van der Waals surface area contributed by atoms with Crippen LogP contribution >= 0.6 is 0 Å². The second kappa shape index (κ2) is 6.55. The zero-order chi connectivity index (χ0) is 21.1. The first-order valence-corrected chi connectivity index (χ1v) is 9.43. The second-order valence-corrected chi connectivity index (χ2v) is 7.75. The largest absolute Gasteiger partial charge is 0.416 e. The first kappa shape index (κ1) is 19.4. The molecule has 0 saturated heterocycles. The van der Waals surface area contributed by atoms with Crippen molar-refractivity contribution in [3.63, 3.8) is 0 Å². The first-order chi connectivity index (χ1) is 13.6. The van der Waals surface area contributed by atoms with Gasteiger partial charge in [-0.1, -0.05) is 29.3 Å². The number of benzene rings is 3. The predicted molar refractivity (Wildman–Crippen MR) is 111 cm³/mol. The van der Waals surface area contributed by atoms with Crippen LogP contribution in [0.2, 0.25) is 0 Å². The zero-order valence-corrected chi connectivity index (χ0v) is 17.0. The van der Waals surface area contributed by atoms with Crippen molar-refractivity contribution in [3.8, 4) is 11.3 Å². The summed E-state index contributed by atoms with van der Waals surface area (Å²) in [5.41, 5.74) is 4.32. The topological polar surface area (TPSA) is 25.8 Å². The number of aryl methyl sites for hydroxylation is 5. The predicted octanol–water partition coefficient (Wildman–Crippen LogP) is 7.01. The molecule has 0 spiro atoms. The zero-order valence-electron chi connectivity index (χ0n) is 17.0. The summed E-state index contributed by atoms with van der Waals surface area (Å²) in [6.07, 6.45) is -4.41. The number of nitrogens with zero attached hydrogens (tertiary/aromatic N) is 2. The summed E-state index contributed by atoms with van der Waals surface area (Å²) in [5.74, 6) is 0.535. The molecule has 0 aliphatic heterocycles. The SMILES string of the molecule is Cc1cc(C)cc(-c2nc(C)nc3c2ccc2cc(C)c(C(F)(F)F)c(C)c23)c1. The number of halogens is 3. The fraction of sp³-hybridized carbons (Fsp3) is 0.250. The molecule has 148 valence electrons. The summed E-state index contributed by atoms with van der Waals surface area (Å²) >= 11 is 0. The molecule has 0 atom stereocenters. The van der Waals surface area contributed by atoms with Gasteiger partial charge in [0, 0.05) is 16.3 Å². The smallest absolute Gasteiger partial charge is 0.233 e.